The monoisotopic (exact) mass is 482 g/mol. The van der Waals surface area contributed by atoms with Crippen LogP contribution in [0.1, 0.15) is 21.7 Å². The molecule has 0 saturated heterocycles. The van der Waals surface area contributed by atoms with Crippen LogP contribution in [0.25, 0.3) is 11.4 Å². The molecule has 10 nitrogen and oxygen atoms in total. The minimum absolute atomic E-state index is 0.156. The van der Waals surface area contributed by atoms with Crippen LogP contribution >= 0.6 is 0 Å². The van der Waals surface area contributed by atoms with Crippen LogP contribution < -0.4 is 14.8 Å². The topological polar surface area (TPSA) is 139 Å². The number of halogens is 1. The Morgan fingerprint density at radius 2 is 1.79 bits per heavy atom. The van der Waals surface area contributed by atoms with Gasteiger partial charge in [0.05, 0.1) is 6.54 Å². The Hall–Kier alpha value is -4.32. The van der Waals surface area contributed by atoms with Gasteiger partial charge in [-0.2, -0.15) is 13.5 Å². The zero-order chi connectivity index (χ0) is 24.0. The van der Waals surface area contributed by atoms with Crippen molar-refractivity contribution >= 4 is 22.1 Å². The Balaban J connectivity index is 1.31. The van der Waals surface area contributed by atoms with Crippen LogP contribution in [-0.4, -0.2) is 34.5 Å². The predicted octanol–water partition coefficient (Wildman–Crippen LogP) is 3.00. The highest BCUT2D eigenvalue weighted by atomic mass is 32.3. The average molecular weight is 482 g/mol. The molecule has 0 aliphatic carbocycles. The molecular formula is C22H19FN6O4S. The van der Waals surface area contributed by atoms with Gasteiger partial charge >= 0.3 is 10.5 Å². The molecule has 0 aliphatic rings. The van der Waals surface area contributed by atoms with Crippen molar-refractivity contribution in [2.45, 2.75) is 13.1 Å². The molecule has 0 aliphatic heterocycles. The molecule has 0 spiro atoms. The van der Waals surface area contributed by atoms with E-state index in [1.54, 1.807) is 30.6 Å². The van der Waals surface area contributed by atoms with Gasteiger partial charge in [0.25, 0.3) is 5.91 Å². The highest BCUT2D eigenvalue weighted by Crippen LogP contribution is 2.16. The first-order chi connectivity index (χ1) is 16.4. The van der Waals surface area contributed by atoms with Crippen molar-refractivity contribution < 1.29 is 21.3 Å². The number of aromatic amines is 1. The average Bonchev–Trinajstić information content (AvgIpc) is 3.31. The van der Waals surface area contributed by atoms with Crippen LogP contribution in [-0.2, 0) is 23.6 Å². The van der Waals surface area contributed by atoms with Gasteiger partial charge in [0, 0.05) is 35.8 Å². The van der Waals surface area contributed by atoms with Gasteiger partial charge in [-0.1, -0.05) is 22.1 Å². The van der Waals surface area contributed by atoms with Crippen LogP contribution in [0.2, 0.25) is 0 Å². The number of carbonyl (C=O) groups is 1. The van der Waals surface area contributed by atoms with Crippen molar-refractivity contribution in [3.63, 3.8) is 0 Å². The van der Waals surface area contributed by atoms with Crippen LogP contribution in [0.3, 0.4) is 0 Å². The van der Waals surface area contributed by atoms with E-state index in [4.69, 9.17) is 0 Å². The fourth-order valence-electron chi connectivity index (χ4n) is 3.02. The van der Waals surface area contributed by atoms with Crippen LogP contribution in [0.4, 0.5) is 9.57 Å². The van der Waals surface area contributed by atoms with Gasteiger partial charge in [-0.05, 0) is 48.0 Å². The Kier molecular flexibility index (Phi) is 6.78. The van der Waals surface area contributed by atoms with Gasteiger partial charge in [0.2, 0.25) is 0 Å². The molecule has 0 saturated carbocycles. The first-order valence-corrected chi connectivity index (χ1v) is 11.3. The van der Waals surface area contributed by atoms with E-state index >= 15 is 0 Å². The van der Waals surface area contributed by atoms with Crippen molar-refractivity contribution in [3.8, 4) is 17.1 Å². The van der Waals surface area contributed by atoms with E-state index in [9.17, 15) is 17.1 Å². The Bertz CT molecular complexity index is 1380. The lowest BCUT2D eigenvalue weighted by atomic mass is 10.1. The second kappa shape index (κ2) is 10.1. The van der Waals surface area contributed by atoms with E-state index in [1.807, 2.05) is 18.2 Å². The lowest BCUT2D eigenvalue weighted by molar-refractivity contribution is 0.0951. The summed E-state index contributed by atoms with van der Waals surface area (Å²) in [6.45, 7) is 0.571. The number of anilines is 1. The molecule has 4 rings (SSSR count). The molecule has 2 aromatic carbocycles. The summed E-state index contributed by atoms with van der Waals surface area (Å²) in [7, 11) is -5.08. The third kappa shape index (κ3) is 6.36. The van der Waals surface area contributed by atoms with Crippen LogP contribution in [0.5, 0.6) is 5.75 Å². The molecular weight excluding hydrogens is 463 g/mol. The maximum Gasteiger partial charge on any atom is 0.488 e. The molecule has 2 heterocycles. The van der Waals surface area contributed by atoms with E-state index in [1.165, 1.54) is 24.3 Å². The van der Waals surface area contributed by atoms with E-state index in [-0.39, 0.29) is 18.2 Å². The van der Waals surface area contributed by atoms with Crippen molar-refractivity contribution in [2.24, 2.45) is 0 Å². The quantitative estimate of drug-likeness (QED) is 0.310. The molecule has 0 atom stereocenters. The summed E-state index contributed by atoms with van der Waals surface area (Å²) in [5.41, 5.74) is 2.71. The van der Waals surface area contributed by atoms with Crippen molar-refractivity contribution in [3.05, 3.63) is 90.0 Å². The normalized spacial score (nSPS) is 11.1. The van der Waals surface area contributed by atoms with Gasteiger partial charge in [-0.3, -0.25) is 14.9 Å². The zero-order valence-corrected chi connectivity index (χ0v) is 18.4. The molecule has 2 aromatic heterocycles. The number of rotatable bonds is 9. The van der Waals surface area contributed by atoms with Gasteiger partial charge in [0.15, 0.2) is 5.82 Å². The van der Waals surface area contributed by atoms with Crippen LogP contribution in [0, 0.1) is 0 Å². The van der Waals surface area contributed by atoms with E-state index < -0.39 is 10.5 Å². The summed E-state index contributed by atoms with van der Waals surface area (Å²) < 4.78 is 37.7. The molecule has 0 radical (unpaired) electrons. The molecule has 3 N–H and O–H groups in total. The molecule has 34 heavy (non-hydrogen) atoms. The van der Waals surface area contributed by atoms with E-state index in [0.717, 1.165) is 11.3 Å². The molecule has 0 bridgehead atoms. The van der Waals surface area contributed by atoms with E-state index in [0.29, 0.717) is 29.3 Å². The Morgan fingerprint density at radius 1 is 1.03 bits per heavy atom. The van der Waals surface area contributed by atoms with Gasteiger partial charge < -0.3 is 14.8 Å². The number of pyridine rings is 1. The number of H-pyrrole nitrogens is 1. The molecule has 12 heteroatoms. The number of hydrogen-bond acceptors (Lipinski definition) is 8. The van der Waals surface area contributed by atoms with Gasteiger partial charge in [0.1, 0.15) is 11.6 Å². The summed E-state index contributed by atoms with van der Waals surface area (Å²) in [5.74, 6) is 0.749. The second-order valence-corrected chi connectivity index (χ2v) is 8.03. The Labute approximate surface area is 194 Å². The van der Waals surface area contributed by atoms with E-state index in [2.05, 4.69) is 35.0 Å². The first kappa shape index (κ1) is 22.9. The number of carbonyl (C=O) groups excluding carboxylic acids is 1. The SMILES string of the molecule is O=C(NCc1ccc(OS(=O)(=O)F)cc1)c1cccc(NCc2nc(-c3ccncc3)n[nH]2)c1. The predicted molar refractivity (Wildman–Crippen MR) is 122 cm³/mol. The summed E-state index contributed by atoms with van der Waals surface area (Å²) in [6, 6.07) is 16.3. The maximum atomic E-state index is 12.5. The number of nitrogens with one attached hydrogen (secondary N) is 3. The highest BCUT2D eigenvalue weighted by molar-refractivity contribution is 7.81. The largest absolute Gasteiger partial charge is 0.488 e. The number of hydrogen-bond donors (Lipinski definition) is 3. The minimum Gasteiger partial charge on any atom is -0.378 e. The molecule has 174 valence electrons. The minimum atomic E-state index is -5.08. The molecule has 0 fully saturated rings. The number of benzene rings is 2. The lowest BCUT2D eigenvalue weighted by Crippen LogP contribution is -2.22. The Morgan fingerprint density at radius 3 is 2.53 bits per heavy atom. The smallest absolute Gasteiger partial charge is 0.378 e. The zero-order valence-electron chi connectivity index (χ0n) is 17.6. The highest BCUT2D eigenvalue weighted by Gasteiger charge is 2.10. The number of amides is 1. The van der Waals surface area contributed by atoms with Crippen molar-refractivity contribution in [1.29, 1.82) is 0 Å². The van der Waals surface area contributed by atoms with Crippen molar-refractivity contribution in [2.75, 3.05) is 5.32 Å². The summed E-state index contributed by atoms with van der Waals surface area (Å²) in [6.07, 6.45) is 3.34. The summed E-state index contributed by atoms with van der Waals surface area (Å²) >= 11 is 0. The van der Waals surface area contributed by atoms with Gasteiger partial charge in [-0.25, -0.2) is 4.98 Å². The summed E-state index contributed by atoms with van der Waals surface area (Å²) in [5, 5.41) is 13.0. The van der Waals surface area contributed by atoms with Gasteiger partial charge in [-0.15, -0.1) is 0 Å². The molecule has 1 amide bonds. The fourth-order valence-corrected chi connectivity index (χ4v) is 3.36. The maximum absolute atomic E-state index is 12.5. The number of nitrogens with zero attached hydrogens (tertiary/aromatic N) is 3. The third-order valence-electron chi connectivity index (χ3n) is 4.63. The first-order valence-electron chi connectivity index (χ1n) is 10.0. The molecule has 4 aromatic rings. The number of aromatic nitrogens is 4. The lowest BCUT2D eigenvalue weighted by Gasteiger charge is -2.09. The molecule has 0 unspecified atom stereocenters. The fraction of sp³-hybridized carbons (Fsp3) is 0.0909. The van der Waals surface area contributed by atoms with Crippen molar-refractivity contribution in [1.82, 2.24) is 25.5 Å². The second-order valence-electron chi connectivity index (χ2n) is 7.08. The third-order valence-corrected chi connectivity index (χ3v) is 5.02. The summed E-state index contributed by atoms with van der Waals surface area (Å²) in [4.78, 5) is 20.9. The van der Waals surface area contributed by atoms with Crippen LogP contribution in [0.15, 0.2) is 73.1 Å². The standard InChI is InChI=1S/C22H19FN6O4S/c23-34(31,32)33-19-6-4-15(5-7-19)13-26-22(30)17-2-1-3-18(12-17)25-14-20-27-21(29-28-20)16-8-10-24-11-9-16/h1-12,25H,13-14H2,(H,26,30)(H,27,28,29).